The van der Waals surface area contributed by atoms with E-state index in [9.17, 15) is 9.18 Å². The smallest absolute Gasteiger partial charge is 0.273 e. The van der Waals surface area contributed by atoms with Crippen molar-refractivity contribution in [3.8, 4) is 5.19 Å². The summed E-state index contributed by atoms with van der Waals surface area (Å²) < 4.78 is 18.5. The number of aromatic nitrogens is 2. The van der Waals surface area contributed by atoms with E-state index in [1.807, 2.05) is 13.1 Å². The van der Waals surface area contributed by atoms with E-state index in [1.165, 1.54) is 31.1 Å². The molecule has 0 saturated heterocycles. The molecule has 1 fully saturated rings. The lowest BCUT2D eigenvalue weighted by atomic mass is 9.84. The van der Waals surface area contributed by atoms with Crippen LogP contribution in [0.3, 0.4) is 0 Å². The number of carbonyl (C=O) groups excluding carboxylic acids is 1. The molecule has 1 unspecified atom stereocenters. The van der Waals surface area contributed by atoms with E-state index in [0.717, 1.165) is 66.8 Å². The first kappa shape index (κ1) is 24.5. The second kappa shape index (κ2) is 11.7. The van der Waals surface area contributed by atoms with Crippen molar-refractivity contribution in [1.29, 1.82) is 0 Å². The lowest BCUT2D eigenvalue weighted by molar-refractivity contribution is -0.121. The molecule has 2 aliphatic rings. The Labute approximate surface area is 204 Å². The summed E-state index contributed by atoms with van der Waals surface area (Å²) in [7, 11) is 0. The van der Waals surface area contributed by atoms with Crippen LogP contribution in [-0.4, -0.2) is 59.2 Å². The Hall–Kier alpha value is -1.58. The van der Waals surface area contributed by atoms with Gasteiger partial charge in [0.2, 0.25) is 5.91 Å². The number of carbonyl (C=O) groups is 1. The number of alkyl halides is 1. The lowest BCUT2D eigenvalue weighted by Crippen LogP contribution is -2.38. The van der Waals surface area contributed by atoms with Gasteiger partial charge in [0.1, 0.15) is 12.8 Å². The molecule has 1 amide bonds. The molecular weight excluding hydrogens is 459 g/mol. The summed E-state index contributed by atoms with van der Waals surface area (Å²) in [5.41, 5.74) is 1.13. The highest BCUT2D eigenvalue weighted by atomic mass is 32.1. The van der Waals surface area contributed by atoms with E-state index in [0.29, 0.717) is 17.7 Å². The quantitative estimate of drug-likeness (QED) is 0.561. The molecule has 0 spiro atoms. The highest BCUT2D eigenvalue weighted by molar-refractivity contribution is 7.13. The Morgan fingerprint density at radius 3 is 2.79 bits per heavy atom. The van der Waals surface area contributed by atoms with E-state index < -0.39 is 6.17 Å². The predicted molar refractivity (Wildman–Crippen MR) is 131 cm³/mol. The molecule has 6 nitrogen and oxygen atoms in total. The van der Waals surface area contributed by atoms with E-state index in [1.54, 1.807) is 22.7 Å². The minimum absolute atomic E-state index is 0.0796. The van der Waals surface area contributed by atoms with Crippen molar-refractivity contribution in [3.05, 3.63) is 26.7 Å². The molecule has 0 radical (unpaired) electrons. The van der Waals surface area contributed by atoms with Crippen molar-refractivity contribution >= 4 is 28.6 Å². The molecule has 9 heteroatoms. The summed E-state index contributed by atoms with van der Waals surface area (Å²) in [6.07, 6.45) is 9.02. The van der Waals surface area contributed by atoms with Gasteiger partial charge in [-0.1, -0.05) is 11.3 Å². The summed E-state index contributed by atoms with van der Waals surface area (Å²) in [6.45, 7) is 6.76. The zero-order chi connectivity index (χ0) is 23.2. The maximum Gasteiger partial charge on any atom is 0.273 e. The third-order valence-corrected chi connectivity index (χ3v) is 8.57. The van der Waals surface area contributed by atoms with Crippen LogP contribution in [-0.2, 0) is 24.1 Å². The van der Waals surface area contributed by atoms with E-state index in [-0.39, 0.29) is 12.5 Å². The first-order chi connectivity index (χ1) is 15.9. The van der Waals surface area contributed by atoms with Gasteiger partial charge in [-0.05, 0) is 64.8 Å². The number of nitrogens with zero attached hydrogens (tertiary/aromatic N) is 3. The van der Waals surface area contributed by atoms with Crippen LogP contribution in [0.15, 0.2) is 6.20 Å². The first-order valence-corrected chi connectivity index (χ1v) is 13.8. The van der Waals surface area contributed by atoms with Crippen LogP contribution in [0, 0.1) is 12.8 Å². The zero-order valence-corrected chi connectivity index (χ0v) is 21.3. The topological polar surface area (TPSA) is 67.4 Å². The van der Waals surface area contributed by atoms with E-state index in [4.69, 9.17) is 4.74 Å². The van der Waals surface area contributed by atoms with Gasteiger partial charge in [0, 0.05) is 41.5 Å². The first-order valence-electron chi connectivity index (χ1n) is 12.1. The third-order valence-electron chi connectivity index (χ3n) is 6.58. The Balaban J connectivity index is 1.13. The minimum atomic E-state index is -0.969. The van der Waals surface area contributed by atoms with Crippen LogP contribution in [0.4, 0.5) is 4.39 Å². The van der Waals surface area contributed by atoms with Crippen molar-refractivity contribution < 1.29 is 13.9 Å². The Morgan fingerprint density at radius 1 is 1.27 bits per heavy atom. The molecule has 0 bridgehead atoms. The van der Waals surface area contributed by atoms with Gasteiger partial charge in [-0.25, -0.2) is 14.4 Å². The van der Waals surface area contributed by atoms with Crippen LogP contribution in [0.25, 0.3) is 0 Å². The van der Waals surface area contributed by atoms with Crippen molar-refractivity contribution in [3.63, 3.8) is 0 Å². The van der Waals surface area contributed by atoms with Crippen LogP contribution in [0.1, 0.15) is 59.5 Å². The molecule has 1 saturated carbocycles. The molecule has 3 heterocycles. The monoisotopic (exact) mass is 494 g/mol. The number of ether oxygens (including phenoxy) is 1. The largest absolute Gasteiger partial charge is 0.467 e. The fourth-order valence-corrected chi connectivity index (χ4v) is 6.49. The summed E-state index contributed by atoms with van der Waals surface area (Å²) in [5, 5.41) is 4.86. The number of hydrogen-bond acceptors (Lipinski definition) is 7. The minimum Gasteiger partial charge on any atom is -0.467 e. The van der Waals surface area contributed by atoms with Gasteiger partial charge in [-0.3, -0.25) is 4.79 Å². The Kier molecular flexibility index (Phi) is 8.71. The summed E-state index contributed by atoms with van der Waals surface area (Å²) in [6, 6.07) is 0.319. The SMILES string of the molecule is Cc1ncc(CC(=O)N[C@H]2CC[C@H](CCN3CCc4nc(OCC(C)F)sc4CC3)CC2)s1. The van der Waals surface area contributed by atoms with Gasteiger partial charge in [0.15, 0.2) is 0 Å². The number of hydrogen-bond donors (Lipinski definition) is 1. The number of nitrogens with one attached hydrogen (secondary N) is 1. The predicted octanol–water partition coefficient (Wildman–Crippen LogP) is 4.35. The number of aryl methyl sites for hydroxylation is 1. The van der Waals surface area contributed by atoms with Crippen molar-refractivity contribution in [1.82, 2.24) is 20.2 Å². The van der Waals surface area contributed by atoms with Crippen molar-refractivity contribution in [2.24, 2.45) is 5.92 Å². The van der Waals surface area contributed by atoms with Crippen LogP contribution in [0.5, 0.6) is 5.19 Å². The molecule has 182 valence electrons. The van der Waals surface area contributed by atoms with Gasteiger partial charge in [0.05, 0.1) is 17.1 Å². The Morgan fingerprint density at radius 2 is 2.06 bits per heavy atom. The molecule has 1 atom stereocenters. The van der Waals surface area contributed by atoms with E-state index >= 15 is 0 Å². The van der Waals surface area contributed by atoms with Crippen molar-refractivity contribution in [2.75, 3.05) is 26.2 Å². The van der Waals surface area contributed by atoms with Gasteiger partial charge in [0.25, 0.3) is 5.19 Å². The second-order valence-corrected chi connectivity index (χ2v) is 11.7. The second-order valence-electron chi connectivity index (χ2n) is 9.38. The van der Waals surface area contributed by atoms with Crippen molar-refractivity contribution in [2.45, 2.75) is 77.4 Å². The zero-order valence-electron chi connectivity index (χ0n) is 19.6. The molecule has 1 aliphatic carbocycles. The summed E-state index contributed by atoms with van der Waals surface area (Å²) in [5.74, 6) is 0.876. The molecule has 2 aromatic rings. The van der Waals surface area contributed by atoms with Gasteiger partial charge < -0.3 is 15.0 Å². The van der Waals surface area contributed by atoms with Gasteiger partial charge in [-0.15, -0.1) is 11.3 Å². The third kappa shape index (κ3) is 7.45. The summed E-state index contributed by atoms with van der Waals surface area (Å²) >= 11 is 3.18. The molecule has 1 aliphatic heterocycles. The molecule has 2 aromatic heterocycles. The van der Waals surface area contributed by atoms with Gasteiger partial charge >= 0.3 is 0 Å². The van der Waals surface area contributed by atoms with Crippen LogP contribution in [0.2, 0.25) is 0 Å². The molecule has 0 aromatic carbocycles. The number of fused-ring (bicyclic) bond motifs is 1. The standard InChI is InChI=1S/C24H35FN4O2S2/c1-16(25)15-31-24-28-21-8-11-29(12-9-22(21)33-24)10-7-18-3-5-19(6-4-18)27-23(30)13-20-14-26-17(2)32-20/h14,16,18-19H,3-13,15H2,1-2H3,(H,27,30)/t16?,18-,19-. The average Bonchev–Trinajstić information content (AvgIpc) is 3.32. The lowest BCUT2D eigenvalue weighted by Gasteiger charge is -2.30. The molecule has 33 heavy (non-hydrogen) atoms. The Bertz CT molecular complexity index is 883. The molecule has 1 N–H and O–H groups in total. The number of amides is 1. The fraction of sp³-hybridized carbons (Fsp3) is 0.708. The number of halogens is 1. The average molecular weight is 495 g/mol. The van der Waals surface area contributed by atoms with Crippen LogP contribution < -0.4 is 10.1 Å². The van der Waals surface area contributed by atoms with Gasteiger partial charge in [-0.2, -0.15) is 0 Å². The van der Waals surface area contributed by atoms with Crippen LogP contribution >= 0.6 is 22.7 Å². The summed E-state index contributed by atoms with van der Waals surface area (Å²) in [4.78, 5) is 26.0. The number of thiazole rings is 2. The maximum atomic E-state index is 13.0. The maximum absolute atomic E-state index is 13.0. The highest BCUT2D eigenvalue weighted by Crippen LogP contribution is 2.30. The fourth-order valence-electron chi connectivity index (χ4n) is 4.74. The number of rotatable bonds is 9. The molecular formula is C24H35FN4O2S2. The van der Waals surface area contributed by atoms with E-state index in [2.05, 4.69) is 20.2 Å². The molecule has 4 rings (SSSR count). The normalized spacial score (nSPS) is 22.4. The highest BCUT2D eigenvalue weighted by Gasteiger charge is 2.24.